The molecule has 3 aromatic rings. The molecule has 2 aliphatic rings. The number of hydrogen-bond acceptors (Lipinski definition) is 6. The van der Waals surface area contributed by atoms with E-state index in [0.717, 1.165) is 60.5 Å². The van der Waals surface area contributed by atoms with Gasteiger partial charge in [-0.05, 0) is 55.6 Å². The SMILES string of the molecule is C[C@@H]1COCCN1c1cc(C2(O)CCC(C(C)(C)C)CC2)c2cnn(-c3ccn[nH]3)c2n1. The number of nitrogens with one attached hydrogen (secondary N) is 1. The first-order valence-corrected chi connectivity index (χ1v) is 11.7. The van der Waals surface area contributed by atoms with Crippen molar-refractivity contribution in [2.45, 2.75) is 65.0 Å². The molecule has 2 fully saturated rings. The van der Waals surface area contributed by atoms with Crippen LogP contribution in [0.2, 0.25) is 0 Å². The molecule has 3 aromatic heterocycles. The normalized spacial score (nSPS) is 27.2. The zero-order valence-electron chi connectivity index (χ0n) is 19.5. The van der Waals surface area contributed by atoms with Gasteiger partial charge in [0, 0.05) is 18.0 Å². The number of ether oxygens (including phenoxy) is 1. The molecule has 1 aliphatic carbocycles. The first-order chi connectivity index (χ1) is 15.3. The average Bonchev–Trinajstić information content (AvgIpc) is 3.42. The molecule has 0 unspecified atom stereocenters. The summed E-state index contributed by atoms with van der Waals surface area (Å²) in [6.07, 6.45) is 7.07. The Kier molecular flexibility index (Phi) is 5.25. The molecule has 172 valence electrons. The Labute approximate surface area is 189 Å². The minimum Gasteiger partial charge on any atom is -0.385 e. The van der Waals surface area contributed by atoms with E-state index < -0.39 is 5.60 Å². The molecule has 1 aliphatic heterocycles. The molecular weight excluding hydrogens is 404 g/mol. The highest BCUT2D eigenvalue weighted by molar-refractivity contribution is 5.83. The van der Waals surface area contributed by atoms with Gasteiger partial charge in [0.2, 0.25) is 0 Å². The summed E-state index contributed by atoms with van der Waals surface area (Å²) in [4.78, 5) is 7.30. The fraction of sp³-hybridized carbons (Fsp3) is 0.625. The number of aromatic nitrogens is 5. The first kappa shape index (κ1) is 21.4. The van der Waals surface area contributed by atoms with Crippen LogP contribution in [0.25, 0.3) is 16.9 Å². The van der Waals surface area contributed by atoms with Crippen LogP contribution in [0.4, 0.5) is 5.82 Å². The molecular formula is C24H34N6O2. The molecule has 1 saturated heterocycles. The number of aromatic amines is 1. The standard InChI is InChI=1S/C24H34N6O2/c1-16-15-32-12-11-29(16)21-13-19(24(31)8-5-17(6-9-24)23(2,3)4)18-14-26-30(22(18)27-21)20-7-10-25-28-20/h7,10,13-14,16-17,31H,5-6,8-9,11-12,15H2,1-4H3,(H,25,28)/t16-,17?,24?/m1/s1. The Balaban J connectivity index is 1.61. The third-order valence-corrected chi connectivity index (χ3v) is 7.44. The van der Waals surface area contributed by atoms with E-state index in [1.807, 2.05) is 12.3 Å². The van der Waals surface area contributed by atoms with Crippen molar-refractivity contribution in [1.82, 2.24) is 25.0 Å². The fourth-order valence-electron chi connectivity index (χ4n) is 5.36. The van der Waals surface area contributed by atoms with Crippen LogP contribution in [0.1, 0.15) is 58.9 Å². The van der Waals surface area contributed by atoms with E-state index in [-0.39, 0.29) is 11.5 Å². The summed E-state index contributed by atoms with van der Waals surface area (Å²) in [6, 6.07) is 4.19. The molecule has 8 nitrogen and oxygen atoms in total. The van der Waals surface area contributed by atoms with E-state index in [4.69, 9.17) is 9.72 Å². The molecule has 0 spiro atoms. The Morgan fingerprint density at radius 3 is 2.69 bits per heavy atom. The number of hydrogen-bond donors (Lipinski definition) is 2. The highest BCUT2D eigenvalue weighted by Gasteiger charge is 2.40. The van der Waals surface area contributed by atoms with Gasteiger partial charge >= 0.3 is 0 Å². The first-order valence-electron chi connectivity index (χ1n) is 11.7. The summed E-state index contributed by atoms with van der Waals surface area (Å²) < 4.78 is 7.43. The van der Waals surface area contributed by atoms with Crippen molar-refractivity contribution in [3.63, 3.8) is 0 Å². The van der Waals surface area contributed by atoms with E-state index in [0.29, 0.717) is 19.1 Å². The van der Waals surface area contributed by atoms with E-state index in [9.17, 15) is 5.11 Å². The zero-order chi connectivity index (χ0) is 22.5. The van der Waals surface area contributed by atoms with E-state index >= 15 is 0 Å². The van der Waals surface area contributed by atoms with Crippen LogP contribution in [0, 0.1) is 11.3 Å². The largest absolute Gasteiger partial charge is 0.385 e. The van der Waals surface area contributed by atoms with Crippen molar-refractivity contribution in [3.8, 4) is 5.82 Å². The molecule has 1 saturated carbocycles. The predicted molar refractivity (Wildman–Crippen MR) is 124 cm³/mol. The van der Waals surface area contributed by atoms with Gasteiger partial charge in [0.25, 0.3) is 0 Å². The second-order valence-corrected chi connectivity index (χ2v) is 10.6. The number of rotatable bonds is 3. The van der Waals surface area contributed by atoms with Gasteiger partial charge in [-0.1, -0.05) is 20.8 Å². The summed E-state index contributed by atoms with van der Waals surface area (Å²) in [5.41, 5.74) is 1.06. The van der Waals surface area contributed by atoms with Gasteiger partial charge in [0.05, 0.1) is 37.3 Å². The third kappa shape index (κ3) is 3.69. The number of morpholine rings is 1. The molecule has 0 radical (unpaired) electrons. The van der Waals surface area contributed by atoms with Gasteiger partial charge in [0.1, 0.15) is 5.82 Å². The van der Waals surface area contributed by atoms with Crippen molar-refractivity contribution < 1.29 is 9.84 Å². The highest BCUT2D eigenvalue weighted by Crippen LogP contribution is 2.47. The lowest BCUT2D eigenvalue weighted by molar-refractivity contribution is -0.0286. The Bertz CT molecular complexity index is 1080. The maximum atomic E-state index is 11.9. The van der Waals surface area contributed by atoms with Crippen molar-refractivity contribution in [2.75, 3.05) is 24.7 Å². The molecule has 0 bridgehead atoms. The minimum atomic E-state index is -0.880. The van der Waals surface area contributed by atoms with E-state index in [1.54, 1.807) is 10.9 Å². The zero-order valence-corrected chi connectivity index (χ0v) is 19.5. The van der Waals surface area contributed by atoms with Gasteiger partial charge in [0.15, 0.2) is 11.5 Å². The van der Waals surface area contributed by atoms with Crippen molar-refractivity contribution in [2.24, 2.45) is 11.3 Å². The second kappa shape index (κ2) is 7.85. The van der Waals surface area contributed by atoms with Crippen LogP contribution < -0.4 is 4.90 Å². The van der Waals surface area contributed by atoms with Gasteiger partial charge in [-0.3, -0.25) is 5.10 Å². The fourth-order valence-corrected chi connectivity index (χ4v) is 5.36. The Hall–Kier alpha value is -2.45. The lowest BCUT2D eigenvalue weighted by Gasteiger charge is -2.42. The Morgan fingerprint density at radius 1 is 1.25 bits per heavy atom. The molecule has 5 rings (SSSR count). The molecule has 2 N–H and O–H groups in total. The smallest absolute Gasteiger partial charge is 0.167 e. The van der Waals surface area contributed by atoms with E-state index in [1.165, 1.54) is 0 Å². The average molecular weight is 439 g/mol. The Morgan fingerprint density at radius 2 is 2.03 bits per heavy atom. The number of fused-ring (bicyclic) bond motifs is 1. The maximum Gasteiger partial charge on any atom is 0.167 e. The monoisotopic (exact) mass is 438 g/mol. The molecule has 0 amide bonds. The number of aliphatic hydroxyl groups is 1. The molecule has 32 heavy (non-hydrogen) atoms. The van der Waals surface area contributed by atoms with Crippen molar-refractivity contribution in [3.05, 3.63) is 30.1 Å². The van der Waals surface area contributed by atoms with Crippen LogP contribution >= 0.6 is 0 Å². The van der Waals surface area contributed by atoms with E-state index in [2.05, 4.69) is 54.0 Å². The van der Waals surface area contributed by atoms with Crippen LogP contribution in [0.5, 0.6) is 0 Å². The lowest BCUT2D eigenvalue weighted by atomic mass is 9.67. The third-order valence-electron chi connectivity index (χ3n) is 7.44. The second-order valence-electron chi connectivity index (χ2n) is 10.6. The topological polar surface area (TPSA) is 92.1 Å². The number of nitrogens with zero attached hydrogens (tertiary/aromatic N) is 5. The summed E-state index contributed by atoms with van der Waals surface area (Å²) in [5, 5.41) is 24.5. The molecule has 8 heteroatoms. The van der Waals surface area contributed by atoms with Gasteiger partial charge in [-0.25, -0.2) is 4.98 Å². The summed E-state index contributed by atoms with van der Waals surface area (Å²) in [7, 11) is 0. The minimum absolute atomic E-state index is 0.219. The predicted octanol–water partition coefficient (Wildman–Crippen LogP) is 3.79. The lowest BCUT2D eigenvalue weighted by Crippen LogP contribution is -2.44. The van der Waals surface area contributed by atoms with Gasteiger partial charge in [-0.15, -0.1) is 0 Å². The van der Waals surface area contributed by atoms with Crippen LogP contribution in [-0.2, 0) is 10.3 Å². The van der Waals surface area contributed by atoms with Crippen molar-refractivity contribution >= 4 is 16.9 Å². The van der Waals surface area contributed by atoms with Crippen molar-refractivity contribution in [1.29, 1.82) is 0 Å². The summed E-state index contributed by atoms with van der Waals surface area (Å²) in [5.74, 6) is 2.25. The molecule has 0 aromatic carbocycles. The summed E-state index contributed by atoms with van der Waals surface area (Å²) in [6.45, 7) is 11.2. The summed E-state index contributed by atoms with van der Waals surface area (Å²) >= 11 is 0. The van der Waals surface area contributed by atoms with Crippen LogP contribution in [0.3, 0.4) is 0 Å². The van der Waals surface area contributed by atoms with Gasteiger partial charge < -0.3 is 14.7 Å². The quantitative estimate of drug-likeness (QED) is 0.646. The molecule has 4 heterocycles. The number of pyridine rings is 1. The van der Waals surface area contributed by atoms with Crippen LogP contribution in [-0.4, -0.2) is 55.9 Å². The highest BCUT2D eigenvalue weighted by atomic mass is 16.5. The number of H-pyrrole nitrogens is 1. The maximum absolute atomic E-state index is 11.9. The van der Waals surface area contributed by atoms with Crippen LogP contribution in [0.15, 0.2) is 24.5 Å². The van der Waals surface area contributed by atoms with Gasteiger partial charge in [-0.2, -0.15) is 14.9 Å². The molecule has 1 atom stereocenters. The number of anilines is 1.